The van der Waals surface area contributed by atoms with E-state index in [1.54, 1.807) is 42.5 Å². The van der Waals surface area contributed by atoms with Crippen LogP contribution in [0.4, 0.5) is 13.2 Å². The number of hydrogen-bond acceptors (Lipinski definition) is 2. The van der Waals surface area contributed by atoms with Crippen LogP contribution in [0.1, 0.15) is 22.3 Å². The molecule has 3 nitrogen and oxygen atoms in total. The topological polar surface area (TPSA) is 37.4 Å². The number of benzene rings is 2. The molecule has 1 heterocycles. The standard InChI is InChI=1S/C21H17Cl3F3NO2/c22-15-4-2-13(3-5-15)19(29)16(9-12-1-6-17(23)18(24)10-12)14-7-8-28(11-14)20(30)21(25,26)27/h1-6,10,14,16H,7-9,11H2/t14-,16?/m1/s1. The second-order valence-electron chi connectivity index (χ2n) is 7.23. The van der Waals surface area contributed by atoms with Crippen LogP contribution in [0.2, 0.25) is 15.1 Å². The summed E-state index contributed by atoms with van der Waals surface area (Å²) in [4.78, 5) is 25.6. The van der Waals surface area contributed by atoms with Crippen LogP contribution < -0.4 is 0 Å². The van der Waals surface area contributed by atoms with E-state index in [0.29, 0.717) is 27.1 Å². The highest BCUT2D eigenvalue weighted by molar-refractivity contribution is 6.42. The van der Waals surface area contributed by atoms with Gasteiger partial charge in [0.25, 0.3) is 0 Å². The maximum Gasteiger partial charge on any atom is 0.471 e. The number of hydrogen-bond donors (Lipinski definition) is 0. The Labute approximate surface area is 186 Å². The van der Waals surface area contributed by atoms with Crippen molar-refractivity contribution in [1.29, 1.82) is 0 Å². The minimum atomic E-state index is -4.94. The van der Waals surface area contributed by atoms with Crippen molar-refractivity contribution in [3.8, 4) is 0 Å². The first kappa shape index (κ1) is 22.9. The first-order chi connectivity index (χ1) is 14.1. The van der Waals surface area contributed by atoms with Gasteiger partial charge in [-0.1, -0.05) is 40.9 Å². The molecular formula is C21H17Cl3F3NO2. The Morgan fingerprint density at radius 2 is 1.70 bits per heavy atom. The third-order valence-electron chi connectivity index (χ3n) is 5.23. The summed E-state index contributed by atoms with van der Waals surface area (Å²) < 4.78 is 38.5. The molecule has 0 N–H and O–H groups in total. The molecule has 1 fully saturated rings. The lowest BCUT2D eigenvalue weighted by Gasteiger charge is -2.24. The van der Waals surface area contributed by atoms with Crippen LogP contribution in [-0.4, -0.2) is 35.9 Å². The second kappa shape index (κ2) is 9.16. The Hall–Kier alpha value is -1.76. The summed E-state index contributed by atoms with van der Waals surface area (Å²) in [7, 11) is 0. The molecule has 0 spiro atoms. The molecule has 2 aromatic carbocycles. The number of Topliss-reactive ketones (excluding diaryl/α,β-unsaturated/α-hetero) is 1. The lowest BCUT2D eigenvalue weighted by atomic mass is 9.81. The van der Waals surface area contributed by atoms with Gasteiger partial charge in [0, 0.05) is 29.6 Å². The van der Waals surface area contributed by atoms with E-state index in [9.17, 15) is 22.8 Å². The summed E-state index contributed by atoms with van der Waals surface area (Å²) in [6.45, 7) is -0.182. The van der Waals surface area contributed by atoms with Crippen LogP contribution in [-0.2, 0) is 11.2 Å². The zero-order valence-electron chi connectivity index (χ0n) is 15.6. The number of alkyl halides is 3. The average molecular weight is 479 g/mol. The molecule has 0 aliphatic carbocycles. The molecule has 9 heteroatoms. The van der Waals surface area contributed by atoms with Crippen LogP contribution in [0.25, 0.3) is 0 Å². The van der Waals surface area contributed by atoms with Crippen molar-refractivity contribution in [2.24, 2.45) is 11.8 Å². The normalized spacial score (nSPS) is 17.8. The first-order valence-electron chi connectivity index (χ1n) is 9.16. The van der Waals surface area contributed by atoms with Crippen molar-refractivity contribution in [3.05, 3.63) is 68.7 Å². The molecule has 0 bridgehead atoms. The Balaban J connectivity index is 1.87. The quantitative estimate of drug-likeness (QED) is 0.487. The monoisotopic (exact) mass is 477 g/mol. The maximum atomic E-state index is 13.2. The highest BCUT2D eigenvalue weighted by Crippen LogP contribution is 2.33. The van der Waals surface area contributed by atoms with Gasteiger partial charge in [0.2, 0.25) is 0 Å². The molecule has 1 amide bonds. The van der Waals surface area contributed by atoms with Crippen molar-refractivity contribution in [1.82, 2.24) is 4.90 Å². The van der Waals surface area contributed by atoms with Gasteiger partial charge in [-0.15, -0.1) is 0 Å². The minimum Gasteiger partial charge on any atom is -0.335 e. The third kappa shape index (κ3) is 5.29. The molecule has 1 saturated heterocycles. The fraction of sp³-hybridized carbons (Fsp3) is 0.333. The van der Waals surface area contributed by atoms with Gasteiger partial charge in [0.1, 0.15) is 0 Å². The zero-order chi connectivity index (χ0) is 22.1. The number of carbonyl (C=O) groups excluding carboxylic acids is 2. The fourth-order valence-electron chi connectivity index (χ4n) is 3.70. The predicted molar refractivity (Wildman–Crippen MR) is 110 cm³/mol. The molecule has 0 saturated carbocycles. The Morgan fingerprint density at radius 3 is 2.30 bits per heavy atom. The maximum absolute atomic E-state index is 13.2. The van der Waals surface area contributed by atoms with Crippen molar-refractivity contribution in [3.63, 3.8) is 0 Å². The van der Waals surface area contributed by atoms with Crippen molar-refractivity contribution in [2.75, 3.05) is 13.1 Å². The summed E-state index contributed by atoms with van der Waals surface area (Å²) in [6.07, 6.45) is -4.38. The van der Waals surface area contributed by atoms with Crippen molar-refractivity contribution in [2.45, 2.75) is 19.0 Å². The van der Waals surface area contributed by atoms with Crippen LogP contribution in [0.15, 0.2) is 42.5 Å². The molecule has 2 aromatic rings. The molecular weight excluding hydrogens is 462 g/mol. The minimum absolute atomic E-state index is 0.0468. The van der Waals surface area contributed by atoms with Gasteiger partial charge >= 0.3 is 12.1 Å². The molecule has 0 radical (unpaired) electrons. The van der Waals surface area contributed by atoms with Gasteiger partial charge in [-0.2, -0.15) is 13.2 Å². The van der Waals surface area contributed by atoms with E-state index in [2.05, 4.69) is 0 Å². The van der Waals surface area contributed by atoms with Gasteiger partial charge in [0.15, 0.2) is 5.78 Å². The average Bonchev–Trinajstić information content (AvgIpc) is 3.17. The van der Waals surface area contributed by atoms with Gasteiger partial charge in [-0.25, -0.2) is 0 Å². The number of amides is 1. The van der Waals surface area contributed by atoms with E-state index in [1.807, 2.05) is 0 Å². The smallest absolute Gasteiger partial charge is 0.335 e. The molecule has 1 unspecified atom stereocenters. The SMILES string of the molecule is O=C(c1ccc(Cl)cc1)C(Cc1ccc(Cl)c(Cl)c1)[C@@H]1CCN(C(=O)C(F)(F)F)C1. The van der Waals surface area contributed by atoms with Crippen LogP contribution >= 0.6 is 34.8 Å². The summed E-state index contributed by atoms with van der Waals surface area (Å²) in [5.74, 6) is -3.15. The first-order valence-corrected chi connectivity index (χ1v) is 10.3. The molecule has 1 aliphatic heterocycles. The highest BCUT2D eigenvalue weighted by Gasteiger charge is 2.46. The summed E-state index contributed by atoms with van der Waals surface area (Å²) >= 11 is 17.9. The number of ketones is 1. The Morgan fingerprint density at radius 1 is 1.03 bits per heavy atom. The lowest BCUT2D eigenvalue weighted by molar-refractivity contribution is -0.184. The summed E-state index contributed by atoms with van der Waals surface area (Å²) in [6, 6.07) is 11.3. The van der Waals surface area contributed by atoms with Crippen LogP contribution in [0.3, 0.4) is 0 Å². The second-order valence-corrected chi connectivity index (χ2v) is 8.48. The van der Waals surface area contributed by atoms with E-state index in [-0.39, 0.29) is 25.3 Å². The number of halogens is 6. The number of rotatable bonds is 5. The van der Waals surface area contributed by atoms with E-state index < -0.39 is 23.9 Å². The number of likely N-dealkylation sites (tertiary alicyclic amines) is 1. The molecule has 30 heavy (non-hydrogen) atoms. The Kier molecular flexibility index (Phi) is 7.00. The largest absolute Gasteiger partial charge is 0.471 e. The molecule has 3 rings (SSSR count). The number of carbonyl (C=O) groups is 2. The van der Waals surface area contributed by atoms with E-state index in [1.165, 1.54) is 0 Å². The van der Waals surface area contributed by atoms with Crippen LogP contribution in [0, 0.1) is 11.8 Å². The van der Waals surface area contributed by atoms with Gasteiger partial charge < -0.3 is 4.90 Å². The zero-order valence-corrected chi connectivity index (χ0v) is 17.8. The molecule has 160 valence electrons. The van der Waals surface area contributed by atoms with E-state index >= 15 is 0 Å². The summed E-state index contributed by atoms with van der Waals surface area (Å²) in [5, 5.41) is 1.16. The lowest BCUT2D eigenvalue weighted by Crippen LogP contribution is -2.40. The fourth-order valence-corrected chi connectivity index (χ4v) is 4.15. The van der Waals surface area contributed by atoms with E-state index in [4.69, 9.17) is 34.8 Å². The molecule has 0 aromatic heterocycles. The van der Waals surface area contributed by atoms with Crippen molar-refractivity contribution >= 4 is 46.5 Å². The Bertz CT molecular complexity index is 948. The van der Waals surface area contributed by atoms with Gasteiger partial charge in [-0.05, 0) is 60.7 Å². The highest BCUT2D eigenvalue weighted by atomic mass is 35.5. The molecule has 2 atom stereocenters. The summed E-state index contributed by atoms with van der Waals surface area (Å²) in [5.41, 5.74) is 1.14. The number of nitrogens with zero attached hydrogens (tertiary/aromatic N) is 1. The predicted octanol–water partition coefficient (Wildman–Crippen LogP) is 6.10. The molecule has 1 aliphatic rings. The van der Waals surface area contributed by atoms with Gasteiger partial charge in [0.05, 0.1) is 10.0 Å². The van der Waals surface area contributed by atoms with E-state index in [0.717, 1.165) is 10.5 Å². The third-order valence-corrected chi connectivity index (χ3v) is 6.22. The van der Waals surface area contributed by atoms with Crippen molar-refractivity contribution < 1.29 is 22.8 Å². The van der Waals surface area contributed by atoms with Crippen LogP contribution in [0.5, 0.6) is 0 Å². The van der Waals surface area contributed by atoms with Gasteiger partial charge in [-0.3, -0.25) is 9.59 Å².